The van der Waals surface area contributed by atoms with Crippen LogP contribution in [0, 0.1) is 6.92 Å². The van der Waals surface area contributed by atoms with E-state index in [-0.39, 0.29) is 18.2 Å². The second-order valence-electron chi connectivity index (χ2n) is 6.74. The Balaban J connectivity index is 1.80. The van der Waals surface area contributed by atoms with Gasteiger partial charge in [-0.3, -0.25) is 14.5 Å². The fraction of sp³-hybridized carbons (Fsp3) is 0.130. The summed E-state index contributed by atoms with van der Waals surface area (Å²) >= 11 is 0. The highest BCUT2D eigenvalue weighted by Gasteiger charge is 2.58. The Morgan fingerprint density at radius 2 is 1.48 bits per heavy atom. The number of carbonyl (C=O) groups excluding carboxylic acids is 2. The van der Waals surface area contributed by atoms with Crippen molar-refractivity contribution < 1.29 is 9.59 Å². The van der Waals surface area contributed by atoms with Crippen LogP contribution in [0.4, 0.5) is 11.4 Å². The number of anilines is 2. The first kappa shape index (κ1) is 17.0. The average Bonchev–Trinajstić information content (AvgIpc) is 2.69. The first-order chi connectivity index (χ1) is 13.1. The van der Waals surface area contributed by atoms with Crippen LogP contribution in [-0.4, -0.2) is 11.8 Å². The van der Waals surface area contributed by atoms with Gasteiger partial charge in [0.15, 0.2) is 5.54 Å². The fourth-order valence-electron chi connectivity index (χ4n) is 3.64. The fourth-order valence-corrected chi connectivity index (χ4v) is 3.64. The van der Waals surface area contributed by atoms with E-state index in [4.69, 9.17) is 0 Å². The molecule has 0 bridgehead atoms. The number of hydrogen-bond acceptors (Lipinski definition) is 2. The predicted octanol–water partition coefficient (Wildman–Crippen LogP) is 4.27. The Morgan fingerprint density at radius 3 is 2.11 bits per heavy atom. The van der Waals surface area contributed by atoms with Crippen molar-refractivity contribution in [1.82, 2.24) is 0 Å². The molecule has 1 heterocycles. The van der Waals surface area contributed by atoms with Gasteiger partial charge in [-0.25, -0.2) is 0 Å². The SMILES string of the molecule is Cc1ccccc1NC(=O)[C@@]1(c2ccccc2)CC(=O)N1c1ccccc1. The minimum Gasteiger partial charge on any atom is -0.323 e. The van der Waals surface area contributed by atoms with Crippen molar-refractivity contribution in [1.29, 1.82) is 0 Å². The van der Waals surface area contributed by atoms with Crippen LogP contribution in [0.15, 0.2) is 84.9 Å². The van der Waals surface area contributed by atoms with Crippen molar-refractivity contribution >= 4 is 23.2 Å². The molecule has 3 aromatic carbocycles. The normalized spacial score (nSPS) is 18.7. The van der Waals surface area contributed by atoms with Crippen LogP contribution in [0.5, 0.6) is 0 Å². The van der Waals surface area contributed by atoms with E-state index in [2.05, 4.69) is 5.32 Å². The van der Waals surface area contributed by atoms with E-state index >= 15 is 0 Å². The van der Waals surface area contributed by atoms with Gasteiger partial charge in [0.25, 0.3) is 5.91 Å². The number of β-lactam (4-membered cyclic amide) rings is 1. The van der Waals surface area contributed by atoms with Crippen molar-refractivity contribution in [3.8, 4) is 0 Å². The van der Waals surface area contributed by atoms with Crippen LogP contribution >= 0.6 is 0 Å². The molecule has 3 aromatic rings. The van der Waals surface area contributed by atoms with Crippen LogP contribution in [0.1, 0.15) is 17.5 Å². The Hall–Kier alpha value is -3.40. The lowest BCUT2D eigenvalue weighted by Crippen LogP contribution is -2.67. The summed E-state index contributed by atoms with van der Waals surface area (Å²) in [5, 5.41) is 3.04. The molecule has 0 spiro atoms. The molecule has 4 rings (SSSR count). The summed E-state index contributed by atoms with van der Waals surface area (Å²) in [6.07, 6.45) is 0.142. The summed E-state index contributed by atoms with van der Waals surface area (Å²) in [6.45, 7) is 1.95. The Kier molecular flexibility index (Phi) is 4.24. The average molecular weight is 356 g/mol. The highest BCUT2D eigenvalue weighted by molar-refractivity contribution is 6.17. The van der Waals surface area contributed by atoms with Crippen LogP contribution in [-0.2, 0) is 15.1 Å². The lowest BCUT2D eigenvalue weighted by molar-refractivity contribution is -0.137. The zero-order valence-corrected chi connectivity index (χ0v) is 15.1. The molecule has 0 saturated carbocycles. The van der Waals surface area contributed by atoms with E-state index in [0.29, 0.717) is 0 Å². The molecule has 134 valence electrons. The number of para-hydroxylation sites is 2. The van der Waals surface area contributed by atoms with Gasteiger partial charge in [-0.1, -0.05) is 66.7 Å². The third-order valence-corrected chi connectivity index (χ3v) is 5.07. The molecule has 27 heavy (non-hydrogen) atoms. The summed E-state index contributed by atoms with van der Waals surface area (Å²) < 4.78 is 0. The summed E-state index contributed by atoms with van der Waals surface area (Å²) in [5.74, 6) is -0.267. The van der Waals surface area contributed by atoms with Gasteiger partial charge in [0.05, 0.1) is 6.42 Å². The van der Waals surface area contributed by atoms with Crippen molar-refractivity contribution in [2.24, 2.45) is 0 Å². The molecular weight excluding hydrogens is 336 g/mol. The molecule has 0 aromatic heterocycles. The van der Waals surface area contributed by atoms with Crippen LogP contribution in [0.3, 0.4) is 0 Å². The van der Waals surface area contributed by atoms with E-state index in [1.165, 1.54) is 0 Å². The van der Waals surface area contributed by atoms with Gasteiger partial charge in [-0.05, 0) is 36.2 Å². The minimum atomic E-state index is -1.05. The van der Waals surface area contributed by atoms with Crippen LogP contribution in [0.25, 0.3) is 0 Å². The molecule has 4 nitrogen and oxygen atoms in total. The molecule has 1 atom stereocenters. The monoisotopic (exact) mass is 356 g/mol. The van der Waals surface area contributed by atoms with Crippen molar-refractivity contribution in [3.63, 3.8) is 0 Å². The van der Waals surface area contributed by atoms with Gasteiger partial charge in [0, 0.05) is 11.4 Å². The van der Waals surface area contributed by atoms with Gasteiger partial charge in [-0.15, -0.1) is 0 Å². The van der Waals surface area contributed by atoms with Crippen molar-refractivity contribution in [2.75, 3.05) is 10.2 Å². The maximum atomic E-state index is 13.5. The number of hydrogen-bond donors (Lipinski definition) is 1. The molecular formula is C23H20N2O2. The van der Waals surface area contributed by atoms with E-state index in [0.717, 1.165) is 22.5 Å². The maximum Gasteiger partial charge on any atom is 0.255 e. The van der Waals surface area contributed by atoms with Crippen LogP contribution in [0.2, 0.25) is 0 Å². The van der Waals surface area contributed by atoms with E-state index in [9.17, 15) is 9.59 Å². The lowest BCUT2D eigenvalue weighted by atomic mass is 9.76. The zero-order chi connectivity index (χ0) is 18.9. The maximum absolute atomic E-state index is 13.5. The quantitative estimate of drug-likeness (QED) is 0.710. The van der Waals surface area contributed by atoms with Gasteiger partial charge in [0.2, 0.25) is 5.91 Å². The smallest absolute Gasteiger partial charge is 0.255 e. The Morgan fingerprint density at radius 1 is 0.889 bits per heavy atom. The summed E-state index contributed by atoms with van der Waals surface area (Å²) in [6, 6.07) is 26.5. The van der Waals surface area contributed by atoms with Crippen molar-refractivity contribution in [2.45, 2.75) is 18.9 Å². The molecule has 1 N–H and O–H groups in total. The number of rotatable bonds is 4. The van der Waals surface area contributed by atoms with E-state index in [1.54, 1.807) is 4.90 Å². The molecule has 0 unspecified atom stereocenters. The molecule has 1 aliphatic rings. The standard InChI is InChI=1S/C23H20N2O2/c1-17-10-8-9-15-20(17)24-22(27)23(18-11-4-2-5-12-18)16-21(26)25(23)19-13-6-3-7-14-19/h2-15H,16H2,1H3,(H,24,27)/t23-/m0/s1. The first-order valence-electron chi connectivity index (χ1n) is 8.93. The number of amides is 2. The number of aryl methyl sites for hydroxylation is 1. The molecule has 0 radical (unpaired) electrons. The third-order valence-electron chi connectivity index (χ3n) is 5.07. The summed E-state index contributed by atoms with van der Waals surface area (Å²) in [5.41, 5.74) is 2.20. The molecule has 1 aliphatic heterocycles. The Labute approximate surface area is 158 Å². The topological polar surface area (TPSA) is 49.4 Å². The predicted molar refractivity (Wildman–Crippen MR) is 106 cm³/mol. The summed E-state index contributed by atoms with van der Waals surface area (Å²) in [4.78, 5) is 27.7. The number of nitrogens with zero attached hydrogens (tertiary/aromatic N) is 1. The number of benzene rings is 3. The largest absolute Gasteiger partial charge is 0.323 e. The molecule has 0 aliphatic carbocycles. The summed E-state index contributed by atoms with van der Waals surface area (Å²) in [7, 11) is 0. The lowest BCUT2D eigenvalue weighted by Gasteiger charge is -2.50. The highest BCUT2D eigenvalue weighted by Crippen LogP contribution is 2.45. The first-order valence-corrected chi connectivity index (χ1v) is 8.93. The third kappa shape index (κ3) is 2.79. The van der Waals surface area contributed by atoms with Crippen LogP contribution < -0.4 is 10.2 Å². The van der Waals surface area contributed by atoms with Gasteiger partial charge < -0.3 is 5.32 Å². The van der Waals surface area contributed by atoms with Gasteiger partial charge in [0.1, 0.15) is 0 Å². The van der Waals surface area contributed by atoms with E-state index < -0.39 is 5.54 Å². The molecule has 1 fully saturated rings. The second kappa shape index (κ2) is 6.72. The van der Waals surface area contributed by atoms with Crippen molar-refractivity contribution in [3.05, 3.63) is 96.1 Å². The van der Waals surface area contributed by atoms with Gasteiger partial charge >= 0.3 is 0 Å². The molecule has 2 amide bonds. The zero-order valence-electron chi connectivity index (χ0n) is 15.1. The second-order valence-corrected chi connectivity index (χ2v) is 6.74. The molecule has 4 heteroatoms. The van der Waals surface area contributed by atoms with Gasteiger partial charge in [-0.2, -0.15) is 0 Å². The number of nitrogens with one attached hydrogen (secondary N) is 1. The Bertz CT molecular complexity index is 986. The van der Waals surface area contributed by atoms with E-state index in [1.807, 2.05) is 91.9 Å². The molecule has 1 saturated heterocycles. The minimum absolute atomic E-state index is 0.0648. The highest BCUT2D eigenvalue weighted by atomic mass is 16.2. The number of carbonyl (C=O) groups is 2.